The fourth-order valence-corrected chi connectivity index (χ4v) is 1.39. The van der Waals surface area contributed by atoms with Gasteiger partial charge in [-0.1, -0.05) is 35.0 Å². The van der Waals surface area contributed by atoms with Gasteiger partial charge in [0.05, 0.1) is 0 Å². The standard InChI is InChI=1S/C10H9Cl2N/c11-9-5-8(3-1-2-4-13)6-10(12)7-9/h5-7H,2,4,13H2. The molecule has 0 heterocycles. The van der Waals surface area contributed by atoms with E-state index in [0.717, 1.165) is 5.56 Å². The van der Waals surface area contributed by atoms with Gasteiger partial charge < -0.3 is 5.73 Å². The van der Waals surface area contributed by atoms with Crippen molar-refractivity contribution in [3.63, 3.8) is 0 Å². The zero-order chi connectivity index (χ0) is 9.68. The zero-order valence-corrected chi connectivity index (χ0v) is 8.49. The zero-order valence-electron chi connectivity index (χ0n) is 6.98. The van der Waals surface area contributed by atoms with E-state index < -0.39 is 0 Å². The molecule has 2 N–H and O–H groups in total. The molecule has 0 saturated heterocycles. The molecule has 13 heavy (non-hydrogen) atoms. The lowest BCUT2D eigenvalue weighted by atomic mass is 10.2. The Morgan fingerprint density at radius 1 is 1.15 bits per heavy atom. The van der Waals surface area contributed by atoms with Crippen LogP contribution in [0.15, 0.2) is 18.2 Å². The Labute approximate surface area is 87.8 Å². The van der Waals surface area contributed by atoms with Gasteiger partial charge in [0.25, 0.3) is 0 Å². The van der Waals surface area contributed by atoms with E-state index in [0.29, 0.717) is 23.0 Å². The number of rotatable bonds is 1. The first-order valence-electron chi connectivity index (χ1n) is 3.87. The first-order chi connectivity index (χ1) is 6.22. The van der Waals surface area contributed by atoms with Gasteiger partial charge in [0.1, 0.15) is 0 Å². The summed E-state index contributed by atoms with van der Waals surface area (Å²) in [7, 11) is 0. The van der Waals surface area contributed by atoms with Crippen molar-refractivity contribution in [3.8, 4) is 11.8 Å². The lowest BCUT2D eigenvalue weighted by Gasteiger charge is -1.94. The predicted molar refractivity (Wildman–Crippen MR) is 57.0 cm³/mol. The smallest absolute Gasteiger partial charge is 0.0433 e. The van der Waals surface area contributed by atoms with Gasteiger partial charge in [-0.3, -0.25) is 0 Å². The fraction of sp³-hybridized carbons (Fsp3) is 0.200. The van der Waals surface area contributed by atoms with Crippen molar-refractivity contribution in [2.24, 2.45) is 5.73 Å². The number of halogens is 2. The predicted octanol–water partition coefficient (Wildman–Crippen LogP) is 2.69. The van der Waals surface area contributed by atoms with E-state index in [1.807, 2.05) is 0 Å². The first-order valence-corrected chi connectivity index (χ1v) is 4.63. The average molecular weight is 214 g/mol. The van der Waals surface area contributed by atoms with Gasteiger partial charge in [-0.15, -0.1) is 0 Å². The maximum atomic E-state index is 5.79. The van der Waals surface area contributed by atoms with Gasteiger partial charge in [0, 0.05) is 28.6 Å². The third kappa shape index (κ3) is 3.69. The Morgan fingerprint density at radius 2 is 1.77 bits per heavy atom. The van der Waals surface area contributed by atoms with Crippen LogP contribution in [0.3, 0.4) is 0 Å². The lowest BCUT2D eigenvalue weighted by Crippen LogP contribution is -1.95. The third-order valence-corrected chi connectivity index (χ3v) is 1.80. The van der Waals surface area contributed by atoms with E-state index in [1.54, 1.807) is 18.2 Å². The summed E-state index contributed by atoms with van der Waals surface area (Å²) in [6.45, 7) is 0.571. The van der Waals surface area contributed by atoms with Crippen molar-refractivity contribution in [3.05, 3.63) is 33.8 Å². The monoisotopic (exact) mass is 213 g/mol. The molecular weight excluding hydrogens is 205 g/mol. The van der Waals surface area contributed by atoms with E-state index in [9.17, 15) is 0 Å². The minimum absolute atomic E-state index is 0.571. The minimum atomic E-state index is 0.571. The van der Waals surface area contributed by atoms with Crippen LogP contribution in [0, 0.1) is 11.8 Å². The summed E-state index contributed by atoms with van der Waals surface area (Å²) < 4.78 is 0. The number of benzene rings is 1. The summed E-state index contributed by atoms with van der Waals surface area (Å²) in [5.41, 5.74) is 6.12. The van der Waals surface area contributed by atoms with Gasteiger partial charge in [-0.2, -0.15) is 0 Å². The molecule has 0 aliphatic carbocycles. The maximum Gasteiger partial charge on any atom is 0.0433 e. The highest BCUT2D eigenvalue weighted by Gasteiger charge is 1.94. The molecule has 1 aromatic carbocycles. The Morgan fingerprint density at radius 3 is 2.31 bits per heavy atom. The second kappa shape index (κ2) is 5.14. The van der Waals surface area contributed by atoms with Crippen LogP contribution in [0.4, 0.5) is 0 Å². The molecule has 1 rings (SSSR count). The highest BCUT2D eigenvalue weighted by atomic mass is 35.5. The summed E-state index contributed by atoms with van der Waals surface area (Å²) in [6, 6.07) is 5.23. The molecule has 0 bridgehead atoms. The SMILES string of the molecule is NCCC#Cc1cc(Cl)cc(Cl)c1. The molecule has 68 valence electrons. The van der Waals surface area contributed by atoms with Crippen molar-refractivity contribution in [2.45, 2.75) is 6.42 Å². The van der Waals surface area contributed by atoms with Crippen LogP contribution in [0.1, 0.15) is 12.0 Å². The summed E-state index contributed by atoms with van der Waals surface area (Å²) in [5.74, 6) is 5.84. The van der Waals surface area contributed by atoms with Gasteiger partial charge in [-0.05, 0) is 18.2 Å². The molecule has 0 spiro atoms. The molecule has 1 aromatic rings. The summed E-state index contributed by atoms with van der Waals surface area (Å²) >= 11 is 11.6. The normalized spacial score (nSPS) is 9.15. The van der Waals surface area contributed by atoms with Crippen LogP contribution < -0.4 is 5.73 Å². The van der Waals surface area contributed by atoms with Crippen molar-refractivity contribution >= 4 is 23.2 Å². The molecule has 0 saturated carbocycles. The lowest BCUT2D eigenvalue weighted by molar-refractivity contribution is 1.03. The number of nitrogens with two attached hydrogens (primary N) is 1. The van der Waals surface area contributed by atoms with Gasteiger partial charge in [-0.25, -0.2) is 0 Å². The highest BCUT2D eigenvalue weighted by molar-refractivity contribution is 6.34. The molecule has 0 fully saturated rings. The summed E-state index contributed by atoms with van der Waals surface area (Å²) in [6.07, 6.45) is 0.685. The van der Waals surface area contributed by atoms with E-state index in [-0.39, 0.29) is 0 Å². The number of hydrogen-bond acceptors (Lipinski definition) is 1. The number of hydrogen-bond donors (Lipinski definition) is 1. The van der Waals surface area contributed by atoms with E-state index in [4.69, 9.17) is 28.9 Å². The maximum absolute atomic E-state index is 5.79. The fourth-order valence-electron chi connectivity index (χ4n) is 0.863. The molecule has 0 unspecified atom stereocenters. The van der Waals surface area contributed by atoms with Crippen LogP contribution >= 0.6 is 23.2 Å². The minimum Gasteiger partial charge on any atom is -0.330 e. The molecule has 3 heteroatoms. The molecule has 0 radical (unpaired) electrons. The van der Waals surface area contributed by atoms with E-state index in [2.05, 4.69) is 11.8 Å². The van der Waals surface area contributed by atoms with Crippen molar-refractivity contribution in [2.75, 3.05) is 6.54 Å². The third-order valence-electron chi connectivity index (χ3n) is 1.36. The van der Waals surface area contributed by atoms with Crippen LogP contribution in [-0.4, -0.2) is 6.54 Å². The van der Waals surface area contributed by atoms with E-state index >= 15 is 0 Å². The molecule has 0 aromatic heterocycles. The van der Waals surface area contributed by atoms with Crippen LogP contribution in [0.25, 0.3) is 0 Å². The van der Waals surface area contributed by atoms with Crippen molar-refractivity contribution in [1.29, 1.82) is 0 Å². The second-order valence-electron chi connectivity index (χ2n) is 2.50. The second-order valence-corrected chi connectivity index (χ2v) is 3.37. The summed E-state index contributed by atoms with van der Waals surface area (Å²) in [5, 5.41) is 1.20. The van der Waals surface area contributed by atoms with Gasteiger partial charge in [0.15, 0.2) is 0 Å². The Bertz CT molecular complexity index is 329. The van der Waals surface area contributed by atoms with Crippen LogP contribution in [0.2, 0.25) is 10.0 Å². The quantitative estimate of drug-likeness (QED) is 0.714. The Hall–Kier alpha value is -0.680. The molecule has 0 amide bonds. The summed E-state index contributed by atoms with van der Waals surface area (Å²) in [4.78, 5) is 0. The van der Waals surface area contributed by atoms with Crippen LogP contribution in [-0.2, 0) is 0 Å². The highest BCUT2D eigenvalue weighted by Crippen LogP contribution is 2.18. The van der Waals surface area contributed by atoms with Crippen LogP contribution in [0.5, 0.6) is 0 Å². The Kier molecular flexibility index (Phi) is 4.11. The van der Waals surface area contributed by atoms with Crippen molar-refractivity contribution in [1.82, 2.24) is 0 Å². The average Bonchev–Trinajstić information content (AvgIpc) is 2.03. The molecule has 0 atom stereocenters. The topological polar surface area (TPSA) is 26.0 Å². The molecule has 0 aliphatic rings. The molecular formula is C10H9Cl2N. The Balaban J connectivity index is 2.85. The van der Waals surface area contributed by atoms with E-state index in [1.165, 1.54) is 0 Å². The molecule has 1 nitrogen and oxygen atoms in total. The van der Waals surface area contributed by atoms with Gasteiger partial charge in [0.2, 0.25) is 0 Å². The van der Waals surface area contributed by atoms with Gasteiger partial charge >= 0.3 is 0 Å². The molecule has 0 aliphatic heterocycles. The van der Waals surface area contributed by atoms with Crippen molar-refractivity contribution < 1.29 is 0 Å². The first kappa shape index (κ1) is 10.4. The largest absolute Gasteiger partial charge is 0.330 e.